The standard InChI is InChI=1S/C29H31BrN2O7S/c1-7-37-22-12-17(10-11-20(22)35-5)26-25(28(34)39-9-3)16(4)31-29-32(26)27(33)24(40-29)14-18-13-23(38-8-2)21(36-6)15-19(18)30/h10-15,26H,7-9H2,1-6H3/b24-14+/t26-/m1/s1. The first kappa shape index (κ1) is 29.4. The van der Waals surface area contributed by atoms with E-state index in [4.69, 9.17) is 23.7 Å². The van der Waals surface area contributed by atoms with Crippen molar-refractivity contribution in [3.8, 4) is 23.0 Å². The van der Waals surface area contributed by atoms with Gasteiger partial charge in [0.15, 0.2) is 27.8 Å². The number of allylic oxidation sites excluding steroid dienone is 1. The number of rotatable bonds is 10. The summed E-state index contributed by atoms with van der Waals surface area (Å²) in [6.07, 6.45) is 1.77. The predicted octanol–water partition coefficient (Wildman–Crippen LogP) is 4.38. The Labute approximate surface area is 244 Å². The van der Waals surface area contributed by atoms with Crippen LogP contribution in [-0.4, -0.2) is 44.6 Å². The number of aromatic nitrogens is 1. The first-order valence-electron chi connectivity index (χ1n) is 12.8. The second-order valence-corrected chi connectivity index (χ2v) is 10.5. The van der Waals surface area contributed by atoms with Crippen LogP contribution >= 0.6 is 27.3 Å². The maximum Gasteiger partial charge on any atom is 0.338 e. The van der Waals surface area contributed by atoms with Gasteiger partial charge < -0.3 is 23.7 Å². The highest BCUT2D eigenvalue weighted by molar-refractivity contribution is 9.10. The van der Waals surface area contributed by atoms with Gasteiger partial charge in [-0.1, -0.05) is 33.3 Å². The SMILES string of the molecule is CCOC(=O)C1=C(C)N=c2s/c(=C/c3cc(OCC)c(OC)cc3Br)c(=O)n2[C@@H]1c1ccc(OC)c(OCC)c1. The van der Waals surface area contributed by atoms with Crippen molar-refractivity contribution in [1.82, 2.24) is 4.57 Å². The van der Waals surface area contributed by atoms with Crippen LogP contribution in [0, 0.1) is 0 Å². The molecule has 0 bridgehead atoms. The van der Waals surface area contributed by atoms with Gasteiger partial charge in [-0.2, -0.15) is 0 Å². The van der Waals surface area contributed by atoms with Crippen LogP contribution in [-0.2, 0) is 9.53 Å². The Bertz CT molecular complexity index is 1640. The Hall–Kier alpha value is -3.57. The van der Waals surface area contributed by atoms with Crippen molar-refractivity contribution >= 4 is 39.3 Å². The second-order valence-electron chi connectivity index (χ2n) is 8.60. The van der Waals surface area contributed by atoms with Crippen LogP contribution in [0.15, 0.2) is 55.9 Å². The number of fused-ring (bicyclic) bond motifs is 1. The highest BCUT2D eigenvalue weighted by Gasteiger charge is 2.34. The number of hydrogen-bond donors (Lipinski definition) is 0. The molecule has 1 atom stereocenters. The zero-order valence-corrected chi connectivity index (χ0v) is 25.6. The first-order chi connectivity index (χ1) is 19.3. The Kier molecular flexibility index (Phi) is 9.36. The van der Waals surface area contributed by atoms with Gasteiger partial charge in [-0.05, 0) is 69.2 Å². The van der Waals surface area contributed by atoms with Crippen LogP contribution in [0.5, 0.6) is 23.0 Å². The van der Waals surface area contributed by atoms with E-state index in [1.54, 1.807) is 52.3 Å². The third-order valence-corrected chi connectivity index (χ3v) is 7.86. The maximum absolute atomic E-state index is 14.0. The van der Waals surface area contributed by atoms with Gasteiger partial charge in [0.1, 0.15) is 0 Å². The number of halogens is 1. The van der Waals surface area contributed by atoms with Crippen molar-refractivity contribution < 1.29 is 28.5 Å². The molecule has 0 aliphatic carbocycles. The molecule has 2 aromatic carbocycles. The molecule has 40 heavy (non-hydrogen) atoms. The van der Waals surface area contributed by atoms with Gasteiger partial charge in [0.2, 0.25) is 0 Å². The normalized spacial score (nSPS) is 14.9. The topological polar surface area (TPSA) is 97.6 Å². The third kappa shape index (κ3) is 5.66. The van der Waals surface area contributed by atoms with Gasteiger partial charge in [0, 0.05) is 4.47 Å². The van der Waals surface area contributed by atoms with E-state index in [0.717, 1.165) is 10.0 Å². The number of nitrogens with zero attached hydrogens (tertiary/aromatic N) is 2. The van der Waals surface area contributed by atoms with Crippen molar-refractivity contribution in [2.24, 2.45) is 4.99 Å². The van der Waals surface area contributed by atoms with Gasteiger partial charge in [0.05, 0.1) is 55.9 Å². The van der Waals surface area contributed by atoms with Crippen molar-refractivity contribution in [3.05, 3.63) is 76.9 Å². The summed E-state index contributed by atoms with van der Waals surface area (Å²) in [6, 6.07) is 8.20. The molecule has 0 spiro atoms. The molecule has 0 saturated carbocycles. The highest BCUT2D eigenvalue weighted by atomic mass is 79.9. The average molecular weight is 632 g/mol. The number of methoxy groups -OCH3 is 2. The zero-order chi connectivity index (χ0) is 29.0. The lowest BCUT2D eigenvalue weighted by Gasteiger charge is -2.25. The molecule has 0 amide bonds. The zero-order valence-electron chi connectivity index (χ0n) is 23.2. The molecule has 3 aromatic rings. The fourth-order valence-electron chi connectivity index (χ4n) is 4.47. The van der Waals surface area contributed by atoms with E-state index in [-0.39, 0.29) is 17.7 Å². The molecule has 1 aliphatic rings. The molecule has 0 saturated heterocycles. The quantitative estimate of drug-likeness (QED) is 0.307. The lowest BCUT2D eigenvalue weighted by molar-refractivity contribution is -0.139. The predicted molar refractivity (Wildman–Crippen MR) is 156 cm³/mol. The van der Waals surface area contributed by atoms with Crippen LogP contribution in [0.25, 0.3) is 6.08 Å². The summed E-state index contributed by atoms with van der Waals surface area (Å²) >= 11 is 4.82. The number of thiazole rings is 1. The molecule has 4 rings (SSSR count). The van der Waals surface area contributed by atoms with E-state index >= 15 is 0 Å². The molecule has 0 radical (unpaired) electrons. The van der Waals surface area contributed by atoms with Gasteiger partial charge in [0.25, 0.3) is 5.56 Å². The molecule has 0 fully saturated rings. The molecular formula is C29H31BrN2O7S. The summed E-state index contributed by atoms with van der Waals surface area (Å²) in [4.78, 5) is 32.3. The molecule has 1 aliphatic heterocycles. The van der Waals surface area contributed by atoms with Crippen molar-refractivity contribution in [3.63, 3.8) is 0 Å². The molecule has 11 heteroatoms. The van der Waals surface area contributed by atoms with Gasteiger partial charge in [-0.3, -0.25) is 9.36 Å². The lowest BCUT2D eigenvalue weighted by atomic mass is 9.95. The first-order valence-corrected chi connectivity index (χ1v) is 14.4. The lowest BCUT2D eigenvalue weighted by Crippen LogP contribution is -2.40. The van der Waals surface area contributed by atoms with E-state index in [1.165, 1.54) is 15.9 Å². The molecule has 9 nitrogen and oxygen atoms in total. The van der Waals surface area contributed by atoms with Crippen LogP contribution in [0.1, 0.15) is 44.9 Å². The average Bonchev–Trinajstić information content (AvgIpc) is 3.23. The molecule has 2 heterocycles. The number of hydrogen-bond acceptors (Lipinski definition) is 9. The number of carbonyl (C=O) groups excluding carboxylic acids is 1. The van der Waals surface area contributed by atoms with E-state index in [0.29, 0.717) is 56.8 Å². The minimum atomic E-state index is -0.777. The summed E-state index contributed by atoms with van der Waals surface area (Å²) in [7, 11) is 3.13. The summed E-state index contributed by atoms with van der Waals surface area (Å²) in [5.74, 6) is 1.66. The number of esters is 1. The second kappa shape index (κ2) is 12.7. The minimum absolute atomic E-state index is 0.188. The molecular weight excluding hydrogens is 600 g/mol. The summed E-state index contributed by atoms with van der Waals surface area (Å²) < 4.78 is 30.5. The molecule has 0 N–H and O–H groups in total. The Morgan fingerprint density at radius 3 is 2.30 bits per heavy atom. The largest absolute Gasteiger partial charge is 0.493 e. The van der Waals surface area contributed by atoms with Gasteiger partial charge >= 0.3 is 5.97 Å². The van der Waals surface area contributed by atoms with Crippen LogP contribution < -0.4 is 33.8 Å². The van der Waals surface area contributed by atoms with Crippen molar-refractivity contribution in [2.45, 2.75) is 33.7 Å². The van der Waals surface area contributed by atoms with E-state index in [1.807, 2.05) is 26.0 Å². The van der Waals surface area contributed by atoms with Crippen molar-refractivity contribution in [1.29, 1.82) is 0 Å². The number of carbonyl (C=O) groups is 1. The van der Waals surface area contributed by atoms with Gasteiger partial charge in [-0.15, -0.1) is 0 Å². The van der Waals surface area contributed by atoms with Crippen LogP contribution in [0.2, 0.25) is 0 Å². The summed E-state index contributed by atoms with van der Waals surface area (Å²) in [6.45, 7) is 8.31. The van der Waals surface area contributed by atoms with Gasteiger partial charge in [-0.25, -0.2) is 9.79 Å². The monoisotopic (exact) mass is 630 g/mol. The molecule has 1 aromatic heterocycles. The van der Waals surface area contributed by atoms with E-state index < -0.39 is 12.0 Å². The molecule has 212 valence electrons. The Balaban J connectivity index is 1.96. The summed E-state index contributed by atoms with van der Waals surface area (Å²) in [5, 5.41) is 0. The fourth-order valence-corrected chi connectivity index (χ4v) is 5.94. The maximum atomic E-state index is 14.0. The van der Waals surface area contributed by atoms with E-state index in [9.17, 15) is 9.59 Å². The number of ether oxygens (including phenoxy) is 5. The smallest absolute Gasteiger partial charge is 0.338 e. The van der Waals surface area contributed by atoms with Crippen molar-refractivity contribution in [2.75, 3.05) is 34.0 Å². The Morgan fingerprint density at radius 1 is 1.00 bits per heavy atom. The fraction of sp³-hybridized carbons (Fsp3) is 0.345. The third-order valence-electron chi connectivity index (χ3n) is 6.19. The Morgan fingerprint density at radius 2 is 1.68 bits per heavy atom. The van der Waals surface area contributed by atoms with E-state index in [2.05, 4.69) is 20.9 Å². The highest BCUT2D eigenvalue weighted by Crippen LogP contribution is 2.37. The van der Waals surface area contributed by atoms with Crippen LogP contribution in [0.4, 0.5) is 0 Å². The minimum Gasteiger partial charge on any atom is -0.493 e. The van der Waals surface area contributed by atoms with Crippen LogP contribution in [0.3, 0.4) is 0 Å². The number of benzene rings is 2. The molecule has 0 unspecified atom stereocenters. The summed E-state index contributed by atoms with van der Waals surface area (Å²) in [5.41, 5.74) is 1.87.